The smallest absolute Gasteiger partial charge is 0.186 e. The Kier molecular flexibility index (Phi) is 4.19. The molecule has 0 spiro atoms. The van der Waals surface area contributed by atoms with Gasteiger partial charge in [0.1, 0.15) is 5.25 Å². The molecule has 0 bridgehead atoms. The van der Waals surface area contributed by atoms with E-state index in [1.807, 2.05) is 0 Å². The van der Waals surface area contributed by atoms with Gasteiger partial charge in [0.2, 0.25) is 0 Å². The molecule has 0 fully saturated rings. The lowest BCUT2D eigenvalue weighted by atomic mass is 10.2. The van der Waals surface area contributed by atoms with Gasteiger partial charge in [0, 0.05) is 24.0 Å². The summed E-state index contributed by atoms with van der Waals surface area (Å²) in [4.78, 5) is 4.14. The molecule has 100 valence electrons. The van der Waals surface area contributed by atoms with Crippen molar-refractivity contribution in [1.29, 1.82) is 0 Å². The van der Waals surface area contributed by atoms with Crippen LogP contribution >= 0.6 is 11.6 Å². The minimum atomic E-state index is -3.54. The first-order valence-electron chi connectivity index (χ1n) is 5.65. The zero-order chi connectivity index (χ0) is 13.9. The second-order valence-electron chi connectivity index (χ2n) is 4.01. The molecule has 4 nitrogen and oxygen atoms in total. The highest BCUT2D eigenvalue weighted by atomic mass is 35.5. The number of halogens is 1. The van der Waals surface area contributed by atoms with Crippen LogP contribution in [0.4, 0.5) is 0 Å². The van der Waals surface area contributed by atoms with Crippen molar-refractivity contribution in [2.45, 2.75) is 10.1 Å². The molecule has 19 heavy (non-hydrogen) atoms. The number of nitrogens with two attached hydrogens (primary N) is 1. The summed E-state index contributed by atoms with van der Waals surface area (Å²) in [5.41, 5.74) is 6.21. The summed E-state index contributed by atoms with van der Waals surface area (Å²) in [6.07, 6.45) is 3.11. The van der Waals surface area contributed by atoms with Crippen LogP contribution in [0.15, 0.2) is 53.7 Å². The van der Waals surface area contributed by atoms with E-state index >= 15 is 0 Å². The van der Waals surface area contributed by atoms with Crippen LogP contribution in [0, 0.1) is 0 Å². The molecular weight excluding hydrogens is 284 g/mol. The standard InChI is InChI=1S/C13H13ClN2O2S/c14-11-3-5-12(6-4-11)19(17,18)13(8-15)10-2-1-7-16-9-10/h1-7,9,13H,8,15H2. The quantitative estimate of drug-likeness (QED) is 0.939. The van der Waals surface area contributed by atoms with Crippen LogP contribution < -0.4 is 5.73 Å². The fourth-order valence-electron chi connectivity index (χ4n) is 1.80. The summed E-state index contributed by atoms with van der Waals surface area (Å²) in [6.45, 7) is -0.00332. The average Bonchev–Trinajstić information content (AvgIpc) is 2.41. The molecule has 1 heterocycles. The molecule has 0 radical (unpaired) electrons. The lowest BCUT2D eigenvalue weighted by molar-refractivity contribution is 0.582. The van der Waals surface area contributed by atoms with E-state index in [1.165, 1.54) is 18.3 Å². The van der Waals surface area contributed by atoms with Gasteiger partial charge in [-0.25, -0.2) is 8.42 Å². The Morgan fingerprint density at radius 1 is 1.21 bits per heavy atom. The van der Waals surface area contributed by atoms with Gasteiger partial charge in [-0.05, 0) is 35.9 Å². The van der Waals surface area contributed by atoms with E-state index in [9.17, 15) is 8.42 Å². The van der Waals surface area contributed by atoms with Gasteiger partial charge >= 0.3 is 0 Å². The first kappa shape index (κ1) is 14.0. The summed E-state index contributed by atoms with van der Waals surface area (Å²) in [7, 11) is -3.54. The molecule has 1 aromatic heterocycles. The fourth-order valence-corrected chi connectivity index (χ4v) is 3.52. The molecule has 0 aliphatic carbocycles. The number of hydrogen-bond acceptors (Lipinski definition) is 4. The first-order chi connectivity index (χ1) is 9.05. The Morgan fingerprint density at radius 2 is 1.89 bits per heavy atom. The molecule has 0 aliphatic heterocycles. The van der Waals surface area contributed by atoms with Crippen LogP contribution in [-0.2, 0) is 9.84 Å². The van der Waals surface area contributed by atoms with Crippen LogP contribution in [0.25, 0.3) is 0 Å². The highest BCUT2D eigenvalue weighted by Crippen LogP contribution is 2.28. The molecule has 0 aliphatic rings. The largest absolute Gasteiger partial charge is 0.329 e. The third-order valence-corrected chi connectivity index (χ3v) is 5.18. The number of benzene rings is 1. The Balaban J connectivity index is 2.45. The molecule has 6 heteroatoms. The van der Waals surface area contributed by atoms with Gasteiger partial charge in [-0.1, -0.05) is 17.7 Å². The van der Waals surface area contributed by atoms with Crippen LogP contribution in [-0.4, -0.2) is 19.9 Å². The van der Waals surface area contributed by atoms with Gasteiger partial charge in [0.15, 0.2) is 9.84 Å². The predicted octanol–water partition coefficient (Wildman–Crippen LogP) is 2.21. The number of rotatable bonds is 4. The summed E-state index contributed by atoms with van der Waals surface area (Å²) in [6, 6.07) is 9.46. The second-order valence-corrected chi connectivity index (χ2v) is 6.58. The van der Waals surface area contributed by atoms with Gasteiger partial charge in [-0.2, -0.15) is 0 Å². The third kappa shape index (κ3) is 2.94. The Labute approximate surface area is 117 Å². The molecule has 1 unspecified atom stereocenters. The van der Waals surface area contributed by atoms with Crippen LogP contribution in [0.3, 0.4) is 0 Å². The lowest BCUT2D eigenvalue weighted by Gasteiger charge is -2.15. The summed E-state index contributed by atoms with van der Waals surface area (Å²) >= 11 is 5.76. The number of pyridine rings is 1. The van der Waals surface area contributed by atoms with Crippen LogP contribution in [0.1, 0.15) is 10.8 Å². The topological polar surface area (TPSA) is 73.0 Å². The van der Waals surface area contributed by atoms with Crippen LogP contribution in [0.5, 0.6) is 0 Å². The number of hydrogen-bond donors (Lipinski definition) is 1. The van der Waals surface area contributed by atoms with E-state index in [4.69, 9.17) is 17.3 Å². The maximum atomic E-state index is 12.5. The zero-order valence-electron chi connectivity index (χ0n) is 10.0. The second kappa shape index (κ2) is 5.69. The summed E-state index contributed by atoms with van der Waals surface area (Å²) in [5.74, 6) is 0. The molecule has 0 saturated heterocycles. The zero-order valence-corrected chi connectivity index (χ0v) is 11.6. The van der Waals surface area contributed by atoms with Crippen LogP contribution in [0.2, 0.25) is 5.02 Å². The highest BCUT2D eigenvalue weighted by Gasteiger charge is 2.27. The molecule has 2 aromatic rings. The van der Waals surface area contributed by atoms with Crippen molar-refractivity contribution in [1.82, 2.24) is 4.98 Å². The molecule has 2 N–H and O–H groups in total. The number of nitrogens with zero attached hydrogens (tertiary/aromatic N) is 1. The Hall–Kier alpha value is -1.43. The molecule has 0 saturated carbocycles. The van der Waals surface area contributed by atoms with Gasteiger partial charge in [0.05, 0.1) is 4.90 Å². The van der Waals surface area contributed by atoms with Gasteiger partial charge in [-0.3, -0.25) is 4.98 Å². The van der Waals surface area contributed by atoms with E-state index in [0.717, 1.165) is 0 Å². The Morgan fingerprint density at radius 3 is 2.42 bits per heavy atom. The van der Waals surface area contributed by atoms with E-state index in [1.54, 1.807) is 30.5 Å². The average molecular weight is 297 g/mol. The molecule has 2 rings (SSSR count). The SMILES string of the molecule is NCC(c1cccnc1)S(=O)(=O)c1ccc(Cl)cc1. The maximum Gasteiger partial charge on any atom is 0.186 e. The van der Waals surface area contributed by atoms with E-state index in [-0.39, 0.29) is 11.4 Å². The van der Waals surface area contributed by atoms with Gasteiger partial charge < -0.3 is 5.73 Å². The normalized spacial score (nSPS) is 13.2. The molecule has 0 amide bonds. The molecular formula is C13H13ClN2O2S. The summed E-state index contributed by atoms with van der Waals surface area (Å²) < 4.78 is 25.0. The van der Waals surface area contributed by atoms with Crippen molar-refractivity contribution in [2.75, 3.05) is 6.54 Å². The monoisotopic (exact) mass is 296 g/mol. The third-order valence-electron chi connectivity index (χ3n) is 2.79. The van der Waals surface area contributed by atoms with E-state index < -0.39 is 15.1 Å². The summed E-state index contributed by atoms with van der Waals surface area (Å²) in [5, 5.41) is -0.313. The van der Waals surface area contributed by atoms with Crippen molar-refractivity contribution in [3.05, 3.63) is 59.4 Å². The lowest BCUT2D eigenvalue weighted by Crippen LogP contribution is -2.22. The minimum absolute atomic E-state index is 0.00332. The van der Waals surface area contributed by atoms with Crippen molar-refractivity contribution < 1.29 is 8.42 Å². The van der Waals surface area contributed by atoms with E-state index in [0.29, 0.717) is 10.6 Å². The molecule has 1 atom stereocenters. The number of sulfone groups is 1. The number of aromatic nitrogens is 1. The predicted molar refractivity (Wildman–Crippen MR) is 74.7 cm³/mol. The Bertz CT molecular complexity index is 642. The maximum absolute atomic E-state index is 12.5. The van der Waals surface area contributed by atoms with Crippen molar-refractivity contribution in [3.8, 4) is 0 Å². The van der Waals surface area contributed by atoms with Crippen molar-refractivity contribution >= 4 is 21.4 Å². The van der Waals surface area contributed by atoms with Crippen molar-refractivity contribution in [2.24, 2.45) is 5.73 Å². The minimum Gasteiger partial charge on any atom is -0.329 e. The van der Waals surface area contributed by atoms with Gasteiger partial charge in [-0.15, -0.1) is 0 Å². The highest BCUT2D eigenvalue weighted by molar-refractivity contribution is 7.91. The van der Waals surface area contributed by atoms with Gasteiger partial charge in [0.25, 0.3) is 0 Å². The molecule has 1 aromatic carbocycles. The van der Waals surface area contributed by atoms with Crippen molar-refractivity contribution in [3.63, 3.8) is 0 Å². The first-order valence-corrected chi connectivity index (χ1v) is 7.57. The fraction of sp³-hybridized carbons (Fsp3) is 0.154. The van der Waals surface area contributed by atoms with E-state index in [2.05, 4.69) is 4.98 Å².